The summed E-state index contributed by atoms with van der Waals surface area (Å²) in [5.74, 6) is 1.63. The van der Waals surface area contributed by atoms with Crippen LogP contribution in [-0.4, -0.2) is 52.9 Å². The third-order valence-corrected chi connectivity index (χ3v) is 5.74. The first-order chi connectivity index (χ1) is 12.3. The summed E-state index contributed by atoms with van der Waals surface area (Å²) in [4.78, 5) is 30.7. The number of nitrogens with zero attached hydrogens (tertiary/aromatic N) is 5. The monoisotopic (exact) mass is 374 g/mol. The fourth-order valence-electron chi connectivity index (χ4n) is 2.97. The zero-order chi connectivity index (χ0) is 18.8. The van der Waals surface area contributed by atoms with Crippen molar-refractivity contribution in [1.82, 2.24) is 19.9 Å². The molecule has 0 saturated heterocycles. The van der Waals surface area contributed by atoms with Crippen LogP contribution >= 0.6 is 11.3 Å². The molecule has 0 atom stereocenters. The molecule has 0 bridgehead atoms. The Morgan fingerprint density at radius 2 is 2.04 bits per heavy atom. The van der Waals surface area contributed by atoms with Gasteiger partial charge in [-0.1, -0.05) is 0 Å². The zero-order valence-electron chi connectivity index (χ0n) is 16.1. The van der Waals surface area contributed by atoms with E-state index in [1.807, 2.05) is 30.8 Å². The first-order valence-corrected chi connectivity index (χ1v) is 9.66. The number of aromatic nitrogens is 3. The van der Waals surface area contributed by atoms with Gasteiger partial charge in [-0.2, -0.15) is 4.98 Å². The van der Waals surface area contributed by atoms with Crippen LogP contribution in [0.4, 0.5) is 11.8 Å². The normalized spacial score (nSPS) is 13.5. The molecule has 7 nitrogen and oxygen atoms in total. The van der Waals surface area contributed by atoms with Crippen molar-refractivity contribution in [2.45, 2.75) is 40.2 Å². The van der Waals surface area contributed by atoms with Crippen LogP contribution in [-0.2, 0) is 24.2 Å². The van der Waals surface area contributed by atoms with Crippen molar-refractivity contribution in [3.05, 3.63) is 26.8 Å². The van der Waals surface area contributed by atoms with Crippen LogP contribution in [0.15, 0.2) is 0 Å². The number of fused-ring (bicyclic) bond motifs is 1. The Morgan fingerprint density at radius 3 is 2.65 bits per heavy atom. The molecule has 0 spiro atoms. The van der Waals surface area contributed by atoms with E-state index in [9.17, 15) is 4.79 Å². The maximum Gasteiger partial charge on any atom is 0.227 e. The molecule has 0 aromatic carbocycles. The van der Waals surface area contributed by atoms with Gasteiger partial charge < -0.3 is 15.1 Å². The minimum absolute atomic E-state index is 0.0877. The molecule has 1 aliphatic rings. The van der Waals surface area contributed by atoms with Crippen LogP contribution in [0, 0.1) is 13.8 Å². The number of carbonyl (C=O) groups excluding carboxylic acids is 1. The number of rotatable bonds is 5. The number of anilines is 2. The maximum absolute atomic E-state index is 11.7. The molecule has 0 fully saturated rings. The molecule has 0 aliphatic carbocycles. The number of thiazole rings is 1. The highest BCUT2D eigenvalue weighted by Gasteiger charge is 2.24. The minimum Gasteiger partial charge on any atom is -0.369 e. The number of hydrogen-bond donors (Lipinski definition) is 1. The largest absolute Gasteiger partial charge is 0.369 e. The summed E-state index contributed by atoms with van der Waals surface area (Å²) < 4.78 is 0. The molecule has 0 saturated carbocycles. The van der Waals surface area contributed by atoms with Gasteiger partial charge in [0.1, 0.15) is 5.82 Å². The molecule has 2 aromatic rings. The lowest BCUT2D eigenvalue weighted by Gasteiger charge is -2.29. The molecule has 3 rings (SSSR count). The van der Waals surface area contributed by atoms with E-state index in [0.717, 1.165) is 47.2 Å². The van der Waals surface area contributed by atoms with Gasteiger partial charge in [-0.25, -0.2) is 9.97 Å². The van der Waals surface area contributed by atoms with Gasteiger partial charge in [0.05, 0.1) is 22.9 Å². The second-order valence-corrected chi connectivity index (χ2v) is 8.10. The Hall–Kier alpha value is -2.22. The average molecular weight is 375 g/mol. The second kappa shape index (κ2) is 7.57. The quantitative estimate of drug-likeness (QED) is 0.865. The molecule has 1 aliphatic heterocycles. The summed E-state index contributed by atoms with van der Waals surface area (Å²) in [6.45, 7) is 7.80. The van der Waals surface area contributed by atoms with Gasteiger partial charge in [-0.05, 0) is 20.3 Å². The van der Waals surface area contributed by atoms with Gasteiger partial charge in [-0.3, -0.25) is 4.79 Å². The maximum atomic E-state index is 11.7. The molecule has 26 heavy (non-hydrogen) atoms. The highest BCUT2D eigenvalue weighted by atomic mass is 32.1. The van der Waals surface area contributed by atoms with Crippen LogP contribution in [0.2, 0.25) is 0 Å². The third kappa shape index (κ3) is 3.95. The van der Waals surface area contributed by atoms with Crippen LogP contribution in [0.3, 0.4) is 0 Å². The fraction of sp³-hybridized carbons (Fsp3) is 0.556. The molecule has 3 heterocycles. The lowest BCUT2D eigenvalue weighted by molar-refractivity contribution is -0.129. The molecule has 1 amide bonds. The zero-order valence-corrected chi connectivity index (χ0v) is 16.9. The van der Waals surface area contributed by atoms with E-state index in [2.05, 4.69) is 22.2 Å². The molecular formula is C18H26N6OS. The van der Waals surface area contributed by atoms with Gasteiger partial charge in [0.2, 0.25) is 11.9 Å². The molecule has 0 radical (unpaired) electrons. The minimum atomic E-state index is 0.0877. The molecule has 1 N–H and O–H groups in total. The summed E-state index contributed by atoms with van der Waals surface area (Å²) >= 11 is 1.75. The summed E-state index contributed by atoms with van der Waals surface area (Å²) in [6, 6.07) is 0. The first-order valence-electron chi connectivity index (χ1n) is 8.84. The Labute approximate surface area is 158 Å². The van der Waals surface area contributed by atoms with Crippen molar-refractivity contribution in [1.29, 1.82) is 0 Å². The van der Waals surface area contributed by atoms with Crippen molar-refractivity contribution in [2.75, 3.05) is 37.4 Å². The lowest BCUT2D eigenvalue weighted by atomic mass is 10.1. The summed E-state index contributed by atoms with van der Waals surface area (Å²) in [5, 5.41) is 4.62. The van der Waals surface area contributed by atoms with Gasteiger partial charge >= 0.3 is 0 Å². The summed E-state index contributed by atoms with van der Waals surface area (Å²) in [5.41, 5.74) is 3.18. The smallest absolute Gasteiger partial charge is 0.227 e. The Kier molecular flexibility index (Phi) is 5.41. The van der Waals surface area contributed by atoms with E-state index in [4.69, 9.17) is 4.98 Å². The SMILES string of the molecule is CC(=O)N1CCc2c(nc(N(C)C)nc2NCCc2nc(C)c(C)s2)C1. The van der Waals surface area contributed by atoms with Crippen LogP contribution < -0.4 is 10.2 Å². The van der Waals surface area contributed by atoms with Gasteiger partial charge in [0, 0.05) is 51.0 Å². The van der Waals surface area contributed by atoms with Crippen molar-refractivity contribution in [2.24, 2.45) is 0 Å². The van der Waals surface area contributed by atoms with Gasteiger partial charge in [0.15, 0.2) is 0 Å². The van der Waals surface area contributed by atoms with E-state index < -0.39 is 0 Å². The van der Waals surface area contributed by atoms with E-state index in [1.165, 1.54) is 4.88 Å². The molecule has 0 unspecified atom stereocenters. The van der Waals surface area contributed by atoms with E-state index >= 15 is 0 Å². The summed E-state index contributed by atoms with van der Waals surface area (Å²) in [6.07, 6.45) is 1.65. The highest BCUT2D eigenvalue weighted by Crippen LogP contribution is 2.26. The number of aryl methyl sites for hydroxylation is 2. The summed E-state index contributed by atoms with van der Waals surface area (Å²) in [7, 11) is 3.86. The average Bonchev–Trinajstić information content (AvgIpc) is 2.91. The number of hydrogen-bond acceptors (Lipinski definition) is 7. The number of nitrogens with one attached hydrogen (secondary N) is 1. The Bertz CT molecular complexity index is 797. The predicted molar refractivity (Wildman–Crippen MR) is 105 cm³/mol. The van der Waals surface area contributed by atoms with Crippen molar-refractivity contribution < 1.29 is 4.79 Å². The van der Waals surface area contributed by atoms with E-state index in [1.54, 1.807) is 18.3 Å². The molecule has 8 heteroatoms. The van der Waals surface area contributed by atoms with E-state index in [-0.39, 0.29) is 5.91 Å². The molecular weight excluding hydrogens is 348 g/mol. The molecule has 2 aromatic heterocycles. The van der Waals surface area contributed by atoms with Crippen molar-refractivity contribution >= 4 is 29.0 Å². The number of carbonyl (C=O) groups is 1. The van der Waals surface area contributed by atoms with Crippen molar-refractivity contribution in [3.8, 4) is 0 Å². The van der Waals surface area contributed by atoms with Gasteiger partial charge in [0.25, 0.3) is 0 Å². The van der Waals surface area contributed by atoms with Gasteiger partial charge in [-0.15, -0.1) is 11.3 Å². The first kappa shape index (κ1) is 18.6. The van der Waals surface area contributed by atoms with Crippen molar-refractivity contribution in [3.63, 3.8) is 0 Å². The third-order valence-electron chi connectivity index (χ3n) is 4.60. The number of amides is 1. The standard InChI is InChI=1S/C18H26N6OS/c1-11-12(2)26-16(20-11)6-8-19-17-14-7-9-24(13(3)25)10-15(14)21-18(22-17)23(4)5/h6-10H2,1-5H3,(H,19,21,22). The fourth-order valence-corrected chi connectivity index (χ4v) is 3.90. The highest BCUT2D eigenvalue weighted by molar-refractivity contribution is 7.11. The Balaban J connectivity index is 1.78. The second-order valence-electron chi connectivity index (χ2n) is 6.81. The predicted octanol–water partition coefficient (Wildman–Crippen LogP) is 2.18. The topological polar surface area (TPSA) is 74.2 Å². The lowest BCUT2D eigenvalue weighted by Crippen LogP contribution is -2.36. The Morgan fingerprint density at radius 1 is 1.27 bits per heavy atom. The van der Waals surface area contributed by atoms with E-state index in [0.29, 0.717) is 19.0 Å². The van der Waals surface area contributed by atoms with Crippen LogP contribution in [0.1, 0.15) is 33.8 Å². The molecule has 140 valence electrons. The van der Waals surface area contributed by atoms with Crippen LogP contribution in [0.25, 0.3) is 0 Å². The van der Waals surface area contributed by atoms with Crippen LogP contribution in [0.5, 0.6) is 0 Å².